The predicted molar refractivity (Wildman–Crippen MR) is 75.6 cm³/mol. The van der Waals surface area contributed by atoms with Crippen molar-refractivity contribution >= 4 is 13.3 Å². The highest BCUT2D eigenvalue weighted by atomic mass is 31.2. The summed E-state index contributed by atoms with van der Waals surface area (Å²) in [6, 6.07) is 5.87. The Morgan fingerprint density at radius 3 is 2.70 bits per heavy atom. The van der Waals surface area contributed by atoms with Gasteiger partial charge in [-0.15, -0.1) is 0 Å². The number of hydrogen-bond donors (Lipinski definition) is 2. The third kappa shape index (κ3) is 4.11. The van der Waals surface area contributed by atoms with Gasteiger partial charge in [0.2, 0.25) is 0 Å². The Hall–Kier alpha value is -1.27. The van der Waals surface area contributed by atoms with Crippen molar-refractivity contribution in [3.8, 4) is 0 Å². The van der Waals surface area contributed by atoms with Gasteiger partial charge in [0.1, 0.15) is 5.78 Å². The van der Waals surface area contributed by atoms with Crippen LogP contribution in [0.2, 0.25) is 0 Å². The second kappa shape index (κ2) is 7.50. The maximum Gasteiger partial charge on any atom is 0.349 e. The minimum atomic E-state index is -4.03. The molecule has 0 spiro atoms. The quantitative estimate of drug-likeness (QED) is 0.331. The van der Waals surface area contributed by atoms with Gasteiger partial charge in [-0.3, -0.25) is 20.0 Å². The van der Waals surface area contributed by atoms with Crippen molar-refractivity contribution in [3.63, 3.8) is 0 Å². The summed E-state index contributed by atoms with van der Waals surface area (Å²) in [6.07, 6.45) is 1.69. The Kier molecular flexibility index (Phi) is 6.29. The number of unbranched alkanes of at least 4 members (excludes halogenated alkanes) is 1. The van der Waals surface area contributed by atoms with Crippen LogP contribution in [0.15, 0.2) is 24.3 Å². The van der Waals surface area contributed by atoms with E-state index >= 15 is 0 Å². The van der Waals surface area contributed by atoms with Gasteiger partial charge in [-0.2, -0.15) is 0 Å². The molecule has 1 aromatic carbocycles. The molecule has 2 atom stereocenters. The molecule has 0 amide bonds. The van der Waals surface area contributed by atoms with E-state index in [1.807, 2.05) is 6.92 Å². The number of benzene rings is 1. The second-order valence-corrected chi connectivity index (χ2v) is 6.28. The number of nitrogens with zero attached hydrogens (tertiary/aromatic N) is 1. The minimum absolute atomic E-state index is 0.154. The molecule has 0 aliphatic heterocycles. The Labute approximate surface area is 117 Å². The Morgan fingerprint density at radius 1 is 1.50 bits per heavy atom. The fraction of sp³-hybridized carbons (Fsp3) is 0.500. The zero-order valence-electron chi connectivity index (χ0n) is 11.5. The van der Waals surface area contributed by atoms with E-state index in [4.69, 9.17) is 0 Å². The lowest BCUT2D eigenvalue weighted by Crippen LogP contribution is -2.24. The van der Waals surface area contributed by atoms with E-state index in [0.29, 0.717) is 6.54 Å². The first-order valence-electron chi connectivity index (χ1n) is 6.29. The summed E-state index contributed by atoms with van der Waals surface area (Å²) in [5.74, 6) is -1.11. The van der Waals surface area contributed by atoms with Crippen molar-refractivity contribution in [2.24, 2.45) is 0 Å². The summed E-state index contributed by atoms with van der Waals surface area (Å²) in [5, 5.41) is 13.9. The summed E-state index contributed by atoms with van der Waals surface area (Å²) < 4.78 is 16.7. The van der Waals surface area contributed by atoms with Gasteiger partial charge in [0.25, 0.3) is 5.69 Å². The van der Waals surface area contributed by atoms with Crippen molar-refractivity contribution in [2.45, 2.75) is 25.5 Å². The van der Waals surface area contributed by atoms with Gasteiger partial charge >= 0.3 is 7.60 Å². The largest absolute Gasteiger partial charge is 0.349 e. The fourth-order valence-corrected chi connectivity index (χ4v) is 2.95. The maximum atomic E-state index is 12.1. The van der Waals surface area contributed by atoms with Gasteiger partial charge in [-0.05, 0) is 19.0 Å². The summed E-state index contributed by atoms with van der Waals surface area (Å²) in [7, 11) is -2.91. The van der Waals surface area contributed by atoms with E-state index in [-0.39, 0.29) is 11.3 Å². The van der Waals surface area contributed by atoms with Crippen LogP contribution < -0.4 is 5.32 Å². The van der Waals surface area contributed by atoms with Crippen LogP contribution in [0.4, 0.5) is 5.69 Å². The number of rotatable bonds is 8. The number of nitro benzene ring substituents is 1. The van der Waals surface area contributed by atoms with E-state index in [1.54, 1.807) is 6.07 Å². The van der Waals surface area contributed by atoms with E-state index in [2.05, 4.69) is 9.84 Å². The van der Waals surface area contributed by atoms with Gasteiger partial charge in [-0.1, -0.05) is 25.5 Å². The molecule has 0 fully saturated rings. The molecule has 7 nitrogen and oxygen atoms in total. The van der Waals surface area contributed by atoms with Crippen molar-refractivity contribution in [1.82, 2.24) is 5.32 Å². The van der Waals surface area contributed by atoms with E-state index in [9.17, 15) is 19.6 Å². The molecule has 0 radical (unpaired) electrons. The van der Waals surface area contributed by atoms with Crippen molar-refractivity contribution < 1.29 is 18.9 Å². The molecule has 0 bridgehead atoms. The molecule has 0 heterocycles. The van der Waals surface area contributed by atoms with Gasteiger partial charge < -0.3 is 9.42 Å². The Bertz CT molecular complexity index is 508. The van der Waals surface area contributed by atoms with Crippen LogP contribution in [0.3, 0.4) is 0 Å². The van der Waals surface area contributed by atoms with Gasteiger partial charge in [-0.25, -0.2) is 0 Å². The molecule has 0 saturated carbocycles. The molecular formula is C12H19N2O5P. The molecule has 8 heteroatoms. The Morgan fingerprint density at radius 2 is 2.15 bits per heavy atom. The highest BCUT2D eigenvalue weighted by molar-refractivity contribution is 7.53. The topological polar surface area (TPSA) is 102 Å². The fourth-order valence-electron chi connectivity index (χ4n) is 1.81. The second-order valence-electron chi connectivity index (χ2n) is 4.27. The lowest BCUT2D eigenvalue weighted by molar-refractivity contribution is -0.385. The first-order valence-corrected chi connectivity index (χ1v) is 7.93. The third-order valence-electron chi connectivity index (χ3n) is 2.88. The van der Waals surface area contributed by atoms with Gasteiger partial charge in [0.05, 0.1) is 10.5 Å². The lowest BCUT2D eigenvalue weighted by Gasteiger charge is -2.22. The highest BCUT2D eigenvalue weighted by Gasteiger charge is 2.36. The summed E-state index contributed by atoms with van der Waals surface area (Å²) in [4.78, 5) is 20.4. The number of nitrogens with one attached hydrogen (secondary N) is 1. The Balaban J connectivity index is 3.17. The predicted octanol–water partition coefficient (Wildman–Crippen LogP) is 2.81. The van der Waals surface area contributed by atoms with Crippen LogP contribution >= 0.6 is 7.60 Å². The summed E-state index contributed by atoms with van der Waals surface area (Å²) in [5.41, 5.74) is -0.0471. The van der Waals surface area contributed by atoms with Crippen LogP contribution in [-0.2, 0) is 9.09 Å². The van der Waals surface area contributed by atoms with Crippen molar-refractivity contribution in [1.29, 1.82) is 0 Å². The van der Waals surface area contributed by atoms with Crippen LogP contribution in [0.25, 0.3) is 0 Å². The lowest BCUT2D eigenvalue weighted by atomic mass is 10.1. The van der Waals surface area contributed by atoms with E-state index in [0.717, 1.165) is 20.0 Å². The standard InChI is InChI=1S/C12H19N2O5P/c1-3-4-9-13-12(20(17,18)19-2)10-7-5-6-8-11(10)14(15)16/h5-8,12-13H,3-4,9H2,1-2H3,(H,17,18). The normalized spacial score (nSPS) is 15.6. The van der Waals surface area contributed by atoms with Gasteiger partial charge in [0.15, 0.2) is 0 Å². The van der Waals surface area contributed by atoms with Crippen LogP contribution in [-0.4, -0.2) is 23.5 Å². The van der Waals surface area contributed by atoms with E-state index in [1.165, 1.54) is 18.2 Å². The zero-order valence-corrected chi connectivity index (χ0v) is 12.4. The molecule has 1 aromatic rings. The molecule has 112 valence electrons. The molecule has 0 aliphatic rings. The summed E-state index contributed by atoms with van der Waals surface area (Å²) in [6.45, 7) is 2.46. The van der Waals surface area contributed by atoms with Crippen LogP contribution in [0.5, 0.6) is 0 Å². The number of hydrogen-bond acceptors (Lipinski definition) is 5. The van der Waals surface area contributed by atoms with Crippen LogP contribution in [0.1, 0.15) is 31.1 Å². The summed E-state index contributed by atoms with van der Waals surface area (Å²) >= 11 is 0. The van der Waals surface area contributed by atoms with Crippen LogP contribution in [0, 0.1) is 10.1 Å². The molecule has 0 saturated heterocycles. The van der Waals surface area contributed by atoms with E-state index < -0.39 is 18.3 Å². The number of nitro groups is 1. The smallest absolute Gasteiger partial charge is 0.323 e. The minimum Gasteiger partial charge on any atom is -0.323 e. The SMILES string of the molecule is CCCCNC(c1ccccc1[N+](=O)[O-])P(=O)(O)OC. The average molecular weight is 302 g/mol. The molecule has 20 heavy (non-hydrogen) atoms. The molecular weight excluding hydrogens is 283 g/mol. The third-order valence-corrected chi connectivity index (χ3v) is 4.52. The molecule has 2 N–H and O–H groups in total. The molecule has 2 unspecified atom stereocenters. The average Bonchev–Trinajstić information content (AvgIpc) is 2.43. The monoisotopic (exact) mass is 302 g/mol. The molecule has 1 rings (SSSR count). The van der Waals surface area contributed by atoms with Crippen molar-refractivity contribution in [3.05, 3.63) is 39.9 Å². The maximum absolute atomic E-state index is 12.1. The first kappa shape index (κ1) is 16.8. The molecule has 0 aliphatic carbocycles. The van der Waals surface area contributed by atoms with Gasteiger partial charge in [0, 0.05) is 13.2 Å². The van der Waals surface area contributed by atoms with Crippen molar-refractivity contribution in [2.75, 3.05) is 13.7 Å². The number of para-hydroxylation sites is 1. The molecule has 0 aromatic heterocycles. The first-order chi connectivity index (χ1) is 9.44. The highest BCUT2D eigenvalue weighted by Crippen LogP contribution is 2.55. The zero-order chi connectivity index (χ0) is 15.2.